The van der Waals surface area contributed by atoms with Crippen LogP contribution in [0.4, 0.5) is 0 Å². The first-order chi connectivity index (χ1) is 9.72. The van der Waals surface area contributed by atoms with E-state index in [1.807, 2.05) is 0 Å². The van der Waals surface area contributed by atoms with Crippen molar-refractivity contribution in [3.05, 3.63) is 0 Å². The Morgan fingerprint density at radius 3 is 2.23 bits per heavy atom. The molecule has 3 aliphatic rings. The SMILES string of the molecule is CCN1CCC(NC(=O)CC2CC3CCC(C2)N3)CC1.Cl.Cl. The molecule has 3 heterocycles. The minimum atomic E-state index is 0. The van der Waals surface area contributed by atoms with Crippen LogP contribution in [-0.2, 0) is 4.79 Å². The smallest absolute Gasteiger partial charge is 0.220 e. The lowest BCUT2D eigenvalue weighted by atomic mass is 9.89. The first kappa shape index (κ1) is 20.0. The third-order valence-corrected chi connectivity index (χ3v) is 5.44. The Balaban J connectivity index is 0.00000121. The molecule has 0 aromatic carbocycles. The number of amides is 1. The molecule has 2 atom stereocenters. The number of nitrogens with zero attached hydrogens (tertiary/aromatic N) is 1. The van der Waals surface area contributed by atoms with Gasteiger partial charge in [0, 0.05) is 37.6 Å². The molecule has 0 aromatic heterocycles. The number of hydrogen-bond acceptors (Lipinski definition) is 3. The van der Waals surface area contributed by atoms with Crippen LogP contribution < -0.4 is 10.6 Å². The average Bonchev–Trinajstić information content (AvgIpc) is 2.78. The van der Waals surface area contributed by atoms with Crippen molar-refractivity contribution in [3.8, 4) is 0 Å². The summed E-state index contributed by atoms with van der Waals surface area (Å²) in [5, 5.41) is 6.92. The van der Waals surface area contributed by atoms with Crippen LogP contribution in [0.2, 0.25) is 0 Å². The lowest BCUT2D eigenvalue weighted by molar-refractivity contribution is -0.123. The first-order valence-electron chi connectivity index (χ1n) is 8.50. The summed E-state index contributed by atoms with van der Waals surface area (Å²) < 4.78 is 0. The monoisotopic (exact) mass is 351 g/mol. The first-order valence-corrected chi connectivity index (χ1v) is 8.50. The number of likely N-dealkylation sites (tertiary alicyclic amines) is 1. The summed E-state index contributed by atoms with van der Waals surface area (Å²) in [5.41, 5.74) is 0. The maximum Gasteiger partial charge on any atom is 0.220 e. The number of carbonyl (C=O) groups is 1. The van der Waals surface area contributed by atoms with Crippen molar-refractivity contribution in [1.29, 1.82) is 0 Å². The van der Waals surface area contributed by atoms with E-state index in [-0.39, 0.29) is 24.8 Å². The van der Waals surface area contributed by atoms with E-state index in [9.17, 15) is 4.79 Å². The zero-order valence-corrected chi connectivity index (χ0v) is 15.2. The highest BCUT2D eigenvalue weighted by atomic mass is 35.5. The van der Waals surface area contributed by atoms with Crippen LogP contribution >= 0.6 is 24.8 Å². The number of hydrogen-bond donors (Lipinski definition) is 2. The summed E-state index contributed by atoms with van der Waals surface area (Å²) in [6.07, 6.45) is 8.05. The Bertz CT molecular complexity index is 336. The van der Waals surface area contributed by atoms with Gasteiger partial charge in [0.25, 0.3) is 0 Å². The van der Waals surface area contributed by atoms with Gasteiger partial charge in [0.2, 0.25) is 5.91 Å². The van der Waals surface area contributed by atoms with Gasteiger partial charge < -0.3 is 15.5 Å². The lowest BCUT2D eigenvalue weighted by Crippen LogP contribution is -2.45. The number of piperidine rings is 2. The molecule has 22 heavy (non-hydrogen) atoms. The Hall–Kier alpha value is -0.0300. The Kier molecular flexibility index (Phi) is 8.47. The Labute approximate surface area is 147 Å². The number of nitrogens with one attached hydrogen (secondary N) is 2. The second-order valence-corrected chi connectivity index (χ2v) is 6.96. The molecule has 6 heteroatoms. The number of rotatable bonds is 4. The minimum absolute atomic E-state index is 0. The van der Waals surface area contributed by atoms with Gasteiger partial charge in [-0.05, 0) is 51.0 Å². The van der Waals surface area contributed by atoms with Crippen LogP contribution in [0.5, 0.6) is 0 Å². The number of halogens is 2. The van der Waals surface area contributed by atoms with Gasteiger partial charge in [-0.3, -0.25) is 4.79 Å². The van der Waals surface area contributed by atoms with Crippen LogP contribution in [0.25, 0.3) is 0 Å². The minimum Gasteiger partial charge on any atom is -0.353 e. The van der Waals surface area contributed by atoms with Gasteiger partial charge in [0.1, 0.15) is 0 Å². The molecule has 0 aliphatic carbocycles. The van der Waals surface area contributed by atoms with E-state index in [0.29, 0.717) is 30.0 Å². The molecular weight excluding hydrogens is 321 g/mol. The lowest BCUT2D eigenvalue weighted by Gasteiger charge is -2.32. The third kappa shape index (κ3) is 5.26. The van der Waals surface area contributed by atoms with E-state index in [0.717, 1.165) is 38.9 Å². The highest BCUT2D eigenvalue weighted by molar-refractivity contribution is 5.85. The van der Waals surface area contributed by atoms with Gasteiger partial charge in [-0.25, -0.2) is 0 Å². The molecule has 2 bridgehead atoms. The maximum atomic E-state index is 12.2. The summed E-state index contributed by atoms with van der Waals surface area (Å²) in [7, 11) is 0. The highest BCUT2D eigenvalue weighted by Gasteiger charge is 2.34. The number of fused-ring (bicyclic) bond motifs is 2. The zero-order chi connectivity index (χ0) is 13.9. The molecule has 1 amide bonds. The van der Waals surface area contributed by atoms with Crippen LogP contribution in [0.3, 0.4) is 0 Å². The van der Waals surface area contributed by atoms with Gasteiger partial charge >= 0.3 is 0 Å². The molecule has 0 saturated carbocycles. The molecule has 0 aromatic rings. The molecule has 3 aliphatic heterocycles. The summed E-state index contributed by atoms with van der Waals surface area (Å²) in [6.45, 7) is 5.63. The number of carbonyl (C=O) groups excluding carboxylic acids is 1. The maximum absolute atomic E-state index is 12.2. The van der Waals surface area contributed by atoms with Crippen LogP contribution in [0, 0.1) is 5.92 Å². The summed E-state index contributed by atoms with van der Waals surface area (Å²) in [6, 6.07) is 1.81. The molecule has 2 unspecified atom stereocenters. The standard InChI is InChI=1S/C16H29N3O.2ClH/c1-2-19-7-5-13(6-8-19)18-16(20)11-12-9-14-3-4-15(10-12)17-14;;/h12-15,17H,2-11H2,1H3,(H,18,20);2*1H. The van der Waals surface area contributed by atoms with Crippen LogP contribution in [0.1, 0.15) is 51.9 Å². The summed E-state index contributed by atoms with van der Waals surface area (Å²) in [5.74, 6) is 0.913. The quantitative estimate of drug-likeness (QED) is 0.816. The topological polar surface area (TPSA) is 44.4 Å². The molecular formula is C16H31Cl2N3O. The van der Waals surface area contributed by atoms with Crippen molar-refractivity contribution in [1.82, 2.24) is 15.5 Å². The van der Waals surface area contributed by atoms with Crippen molar-refractivity contribution in [2.75, 3.05) is 19.6 Å². The molecule has 0 radical (unpaired) electrons. The van der Waals surface area contributed by atoms with E-state index in [2.05, 4.69) is 22.5 Å². The average molecular weight is 352 g/mol. The molecule has 3 fully saturated rings. The predicted molar refractivity (Wildman–Crippen MR) is 95.1 cm³/mol. The highest BCUT2D eigenvalue weighted by Crippen LogP contribution is 2.32. The van der Waals surface area contributed by atoms with E-state index < -0.39 is 0 Å². The zero-order valence-electron chi connectivity index (χ0n) is 13.6. The van der Waals surface area contributed by atoms with Gasteiger partial charge in [-0.15, -0.1) is 24.8 Å². The Morgan fingerprint density at radius 1 is 1.09 bits per heavy atom. The predicted octanol–water partition coefficient (Wildman–Crippen LogP) is 2.35. The van der Waals surface area contributed by atoms with E-state index in [1.165, 1.54) is 25.7 Å². The molecule has 3 rings (SSSR count). The van der Waals surface area contributed by atoms with E-state index >= 15 is 0 Å². The van der Waals surface area contributed by atoms with Crippen molar-refractivity contribution in [2.45, 2.75) is 70.0 Å². The normalized spacial score (nSPS) is 32.0. The third-order valence-electron chi connectivity index (χ3n) is 5.44. The van der Waals surface area contributed by atoms with Crippen molar-refractivity contribution in [3.63, 3.8) is 0 Å². The fraction of sp³-hybridized carbons (Fsp3) is 0.938. The second-order valence-electron chi connectivity index (χ2n) is 6.96. The van der Waals surface area contributed by atoms with E-state index in [4.69, 9.17) is 0 Å². The van der Waals surface area contributed by atoms with Gasteiger partial charge in [-0.1, -0.05) is 6.92 Å². The van der Waals surface area contributed by atoms with Crippen molar-refractivity contribution >= 4 is 30.7 Å². The van der Waals surface area contributed by atoms with Gasteiger partial charge in [0.05, 0.1) is 0 Å². The van der Waals surface area contributed by atoms with Gasteiger partial charge in [0.15, 0.2) is 0 Å². The van der Waals surface area contributed by atoms with Crippen molar-refractivity contribution in [2.24, 2.45) is 5.92 Å². The second kappa shape index (κ2) is 9.31. The van der Waals surface area contributed by atoms with Crippen LogP contribution in [0.15, 0.2) is 0 Å². The molecule has 4 nitrogen and oxygen atoms in total. The van der Waals surface area contributed by atoms with E-state index in [1.54, 1.807) is 0 Å². The fourth-order valence-electron chi connectivity index (χ4n) is 4.28. The molecule has 3 saturated heterocycles. The fourth-order valence-corrected chi connectivity index (χ4v) is 4.28. The van der Waals surface area contributed by atoms with Crippen LogP contribution in [-0.4, -0.2) is 48.6 Å². The Morgan fingerprint density at radius 2 is 1.68 bits per heavy atom. The summed E-state index contributed by atoms with van der Waals surface area (Å²) in [4.78, 5) is 14.7. The largest absolute Gasteiger partial charge is 0.353 e. The van der Waals surface area contributed by atoms with Crippen molar-refractivity contribution < 1.29 is 4.79 Å². The van der Waals surface area contributed by atoms with Gasteiger partial charge in [-0.2, -0.15) is 0 Å². The molecule has 0 spiro atoms. The summed E-state index contributed by atoms with van der Waals surface area (Å²) >= 11 is 0. The molecule has 2 N–H and O–H groups in total. The molecule has 130 valence electrons.